The second-order valence-electron chi connectivity index (χ2n) is 7.63. The Morgan fingerprint density at radius 1 is 1.28 bits per heavy atom. The summed E-state index contributed by atoms with van der Waals surface area (Å²) >= 11 is 0. The van der Waals surface area contributed by atoms with Crippen molar-refractivity contribution in [1.29, 1.82) is 0 Å². The molecule has 25 heavy (non-hydrogen) atoms. The SMILES string of the molecule is Cc1cnc(CN(C)C(=O)C2CCC(=O)N(C3CCCCCC3)C2)[nH]1. The fourth-order valence-electron chi connectivity index (χ4n) is 4.16. The molecule has 138 valence electrons. The number of amides is 2. The zero-order chi connectivity index (χ0) is 17.8. The fourth-order valence-corrected chi connectivity index (χ4v) is 4.16. The van der Waals surface area contributed by atoms with Crippen molar-refractivity contribution in [1.82, 2.24) is 19.8 Å². The van der Waals surface area contributed by atoms with Gasteiger partial charge in [-0.1, -0.05) is 25.7 Å². The highest BCUT2D eigenvalue weighted by atomic mass is 16.2. The number of hydrogen-bond acceptors (Lipinski definition) is 3. The van der Waals surface area contributed by atoms with E-state index in [9.17, 15) is 9.59 Å². The Hall–Kier alpha value is -1.85. The molecule has 6 heteroatoms. The van der Waals surface area contributed by atoms with E-state index in [1.54, 1.807) is 11.1 Å². The number of hydrogen-bond donors (Lipinski definition) is 1. The third kappa shape index (κ3) is 4.41. The number of piperidine rings is 1. The van der Waals surface area contributed by atoms with Gasteiger partial charge in [0, 0.05) is 37.9 Å². The average Bonchev–Trinajstić information content (AvgIpc) is 2.85. The van der Waals surface area contributed by atoms with Gasteiger partial charge < -0.3 is 14.8 Å². The van der Waals surface area contributed by atoms with E-state index >= 15 is 0 Å². The van der Waals surface area contributed by atoms with Crippen molar-refractivity contribution in [3.63, 3.8) is 0 Å². The molecule has 1 atom stereocenters. The van der Waals surface area contributed by atoms with Gasteiger partial charge in [0.25, 0.3) is 0 Å². The highest BCUT2D eigenvalue weighted by Crippen LogP contribution is 2.28. The van der Waals surface area contributed by atoms with Gasteiger partial charge in [-0.15, -0.1) is 0 Å². The molecule has 0 radical (unpaired) electrons. The van der Waals surface area contributed by atoms with Gasteiger partial charge in [-0.2, -0.15) is 0 Å². The summed E-state index contributed by atoms with van der Waals surface area (Å²) in [6.07, 6.45) is 10.1. The van der Waals surface area contributed by atoms with Gasteiger partial charge in [-0.25, -0.2) is 4.98 Å². The summed E-state index contributed by atoms with van der Waals surface area (Å²) in [4.78, 5) is 36.5. The largest absolute Gasteiger partial charge is 0.345 e. The van der Waals surface area contributed by atoms with Crippen molar-refractivity contribution in [2.45, 2.75) is 70.9 Å². The number of nitrogens with zero attached hydrogens (tertiary/aromatic N) is 3. The van der Waals surface area contributed by atoms with E-state index in [0.717, 1.165) is 24.4 Å². The molecule has 6 nitrogen and oxygen atoms in total. The van der Waals surface area contributed by atoms with Crippen LogP contribution in [-0.2, 0) is 16.1 Å². The molecule has 1 unspecified atom stereocenters. The van der Waals surface area contributed by atoms with Crippen molar-refractivity contribution in [3.8, 4) is 0 Å². The van der Waals surface area contributed by atoms with Crippen LogP contribution in [0.3, 0.4) is 0 Å². The molecule has 3 rings (SSSR count). The van der Waals surface area contributed by atoms with Crippen LogP contribution >= 0.6 is 0 Å². The summed E-state index contributed by atoms with van der Waals surface area (Å²) in [5.41, 5.74) is 0.999. The summed E-state index contributed by atoms with van der Waals surface area (Å²) in [6, 6.07) is 0.337. The number of H-pyrrole nitrogens is 1. The van der Waals surface area contributed by atoms with Gasteiger partial charge in [0.2, 0.25) is 11.8 Å². The van der Waals surface area contributed by atoms with Crippen LogP contribution in [0.25, 0.3) is 0 Å². The molecule has 2 aliphatic rings. The van der Waals surface area contributed by atoms with E-state index in [2.05, 4.69) is 9.97 Å². The van der Waals surface area contributed by atoms with Crippen LogP contribution in [0, 0.1) is 12.8 Å². The Bertz CT molecular complexity index is 604. The van der Waals surface area contributed by atoms with Gasteiger partial charge in [-0.05, 0) is 26.2 Å². The van der Waals surface area contributed by atoms with Crippen molar-refractivity contribution < 1.29 is 9.59 Å². The van der Waals surface area contributed by atoms with Gasteiger partial charge in [0.05, 0.1) is 12.5 Å². The Kier molecular flexibility index (Phi) is 5.76. The first-order valence-corrected chi connectivity index (χ1v) is 9.59. The van der Waals surface area contributed by atoms with Crippen LogP contribution < -0.4 is 0 Å². The van der Waals surface area contributed by atoms with Crippen LogP contribution in [0.2, 0.25) is 0 Å². The highest BCUT2D eigenvalue weighted by Gasteiger charge is 2.35. The maximum Gasteiger partial charge on any atom is 0.227 e. The molecule has 2 heterocycles. The lowest BCUT2D eigenvalue weighted by molar-refractivity contribution is -0.144. The molecule has 1 aromatic rings. The van der Waals surface area contributed by atoms with E-state index in [1.165, 1.54) is 25.7 Å². The molecule has 1 aromatic heterocycles. The quantitative estimate of drug-likeness (QED) is 0.852. The molecule has 0 spiro atoms. The maximum absolute atomic E-state index is 12.9. The number of carbonyl (C=O) groups is 2. The highest BCUT2D eigenvalue weighted by molar-refractivity contribution is 5.83. The second kappa shape index (κ2) is 8.02. The summed E-state index contributed by atoms with van der Waals surface area (Å²) in [6.45, 7) is 3.03. The third-order valence-corrected chi connectivity index (χ3v) is 5.58. The first-order chi connectivity index (χ1) is 12.0. The molecule has 1 aliphatic heterocycles. The maximum atomic E-state index is 12.9. The smallest absolute Gasteiger partial charge is 0.227 e. The predicted octanol–water partition coefficient (Wildman–Crippen LogP) is 2.64. The number of aromatic amines is 1. The normalized spacial score (nSPS) is 22.7. The standard InChI is InChI=1S/C19H30N4O2/c1-14-11-20-17(21-14)13-22(2)19(25)15-9-10-18(24)23(12-15)16-7-5-3-4-6-8-16/h11,15-16H,3-10,12-13H2,1-2H3,(H,20,21). The summed E-state index contributed by atoms with van der Waals surface area (Å²) < 4.78 is 0. The van der Waals surface area contributed by atoms with E-state index < -0.39 is 0 Å². The second-order valence-corrected chi connectivity index (χ2v) is 7.63. The Labute approximate surface area is 150 Å². The minimum Gasteiger partial charge on any atom is -0.345 e. The molecule has 1 saturated carbocycles. The predicted molar refractivity (Wildman–Crippen MR) is 95.7 cm³/mol. The average molecular weight is 346 g/mol. The van der Waals surface area contributed by atoms with E-state index in [1.807, 2.05) is 18.9 Å². The molecule has 1 aliphatic carbocycles. The van der Waals surface area contributed by atoms with E-state index in [4.69, 9.17) is 0 Å². The van der Waals surface area contributed by atoms with E-state index in [0.29, 0.717) is 32.0 Å². The van der Waals surface area contributed by atoms with Crippen LogP contribution in [0.1, 0.15) is 62.9 Å². The summed E-state index contributed by atoms with van der Waals surface area (Å²) in [5, 5.41) is 0. The minimum absolute atomic E-state index is 0.0815. The van der Waals surface area contributed by atoms with Crippen LogP contribution in [0.5, 0.6) is 0 Å². The number of nitrogens with one attached hydrogen (secondary N) is 1. The summed E-state index contributed by atoms with van der Waals surface area (Å²) in [5.74, 6) is 1.09. The van der Waals surface area contributed by atoms with Crippen LogP contribution in [0.15, 0.2) is 6.20 Å². The molecule has 2 fully saturated rings. The molecule has 1 N–H and O–H groups in total. The molecule has 1 saturated heterocycles. The number of imidazole rings is 1. The topological polar surface area (TPSA) is 69.3 Å². The van der Waals surface area contributed by atoms with Crippen molar-refractivity contribution in [2.24, 2.45) is 5.92 Å². The van der Waals surface area contributed by atoms with Crippen molar-refractivity contribution in [3.05, 3.63) is 17.7 Å². The number of rotatable bonds is 4. The minimum atomic E-state index is -0.0815. The van der Waals surface area contributed by atoms with Gasteiger partial charge in [0.15, 0.2) is 0 Å². The molecule has 0 bridgehead atoms. The van der Waals surface area contributed by atoms with Gasteiger partial charge >= 0.3 is 0 Å². The number of likely N-dealkylation sites (tertiary alicyclic amines) is 1. The van der Waals surface area contributed by atoms with Crippen molar-refractivity contribution >= 4 is 11.8 Å². The molecule has 0 aromatic carbocycles. The molecular formula is C19H30N4O2. The van der Waals surface area contributed by atoms with Gasteiger partial charge in [-0.3, -0.25) is 9.59 Å². The van der Waals surface area contributed by atoms with E-state index in [-0.39, 0.29) is 17.7 Å². The first-order valence-electron chi connectivity index (χ1n) is 9.59. The number of carbonyl (C=O) groups excluding carboxylic acids is 2. The fraction of sp³-hybridized carbons (Fsp3) is 0.737. The Morgan fingerprint density at radius 3 is 2.64 bits per heavy atom. The molecule has 2 amide bonds. The molecular weight excluding hydrogens is 316 g/mol. The Balaban J connectivity index is 1.61. The van der Waals surface area contributed by atoms with Crippen LogP contribution in [-0.4, -0.2) is 51.2 Å². The first kappa shape index (κ1) is 18.0. The van der Waals surface area contributed by atoms with Crippen molar-refractivity contribution in [2.75, 3.05) is 13.6 Å². The Morgan fingerprint density at radius 2 is 2.00 bits per heavy atom. The zero-order valence-corrected chi connectivity index (χ0v) is 15.5. The monoisotopic (exact) mass is 346 g/mol. The van der Waals surface area contributed by atoms with Gasteiger partial charge in [0.1, 0.15) is 5.82 Å². The lowest BCUT2D eigenvalue weighted by atomic mass is 9.93. The lowest BCUT2D eigenvalue weighted by Gasteiger charge is -2.38. The third-order valence-electron chi connectivity index (χ3n) is 5.58. The zero-order valence-electron chi connectivity index (χ0n) is 15.5. The number of aryl methyl sites for hydroxylation is 1. The summed E-state index contributed by atoms with van der Waals surface area (Å²) in [7, 11) is 1.83. The number of aromatic nitrogens is 2. The van der Waals surface area contributed by atoms with Crippen LogP contribution in [0.4, 0.5) is 0 Å². The lowest BCUT2D eigenvalue weighted by Crippen LogP contribution is -2.50.